The molecule has 0 aromatic carbocycles. The van der Waals surface area contributed by atoms with Crippen molar-refractivity contribution in [1.29, 1.82) is 0 Å². The minimum absolute atomic E-state index is 0.167. The predicted molar refractivity (Wildman–Crippen MR) is 134 cm³/mol. The lowest BCUT2D eigenvalue weighted by molar-refractivity contribution is -0.00653. The molecule has 4 aliphatic heterocycles. The average molecular weight is 494 g/mol. The van der Waals surface area contributed by atoms with Crippen LogP contribution in [0.25, 0.3) is 0 Å². The summed E-state index contributed by atoms with van der Waals surface area (Å²) in [6.07, 6.45) is 2.27. The van der Waals surface area contributed by atoms with Gasteiger partial charge < -0.3 is 46.5 Å². The predicted octanol–water partition coefficient (Wildman–Crippen LogP) is 1.96. The van der Waals surface area contributed by atoms with E-state index < -0.39 is 7.12 Å². The second-order valence-electron chi connectivity index (χ2n) is 9.42. The summed E-state index contributed by atoms with van der Waals surface area (Å²) in [4.78, 5) is 0. The lowest BCUT2D eigenvalue weighted by Crippen LogP contribution is -2.44. The van der Waals surface area contributed by atoms with Gasteiger partial charge >= 0.3 is 35.6 Å². The molecule has 4 saturated heterocycles. The van der Waals surface area contributed by atoms with Crippen LogP contribution < -0.4 is 0 Å². The van der Waals surface area contributed by atoms with Crippen molar-refractivity contribution >= 4 is 35.6 Å². The fourth-order valence-electron chi connectivity index (χ4n) is 4.85. The maximum atomic E-state index is 6.20. The molecule has 4 heterocycles. The van der Waals surface area contributed by atoms with Crippen LogP contribution >= 0.6 is 0 Å². The topological polar surface area (TPSA) is 92.3 Å². The highest BCUT2D eigenvalue weighted by atomic mass is 16.7. The third kappa shape index (κ3) is 7.07. The van der Waals surface area contributed by atoms with Gasteiger partial charge in [-0.05, 0) is 31.6 Å². The first-order valence-electron chi connectivity index (χ1n) is 13.5. The lowest BCUT2D eigenvalue weighted by Gasteiger charge is -2.28. The molecule has 4 fully saturated rings. The van der Waals surface area contributed by atoms with Crippen molar-refractivity contribution in [1.82, 2.24) is 0 Å². The van der Waals surface area contributed by atoms with E-state index in [9.17, 15) is 0 Å². The van der Waals surface area contributed by atoms with Gasteiger partial charge in [0.25, 0.3) is 0 Å². The molecule has 0 unspecified atom stereocenters. The highest BCUT2D eigenvalue weighted by Crippen LogP contribution is 2.29. The van der Waals surface area contributed by atoms with Crippen molar-refractivity contribution in [3.8, 4) is 0 Å². The monoisotopic (exact) mass is 494 g/mol. The first-order chi connectivity index (χ1) is 17.1. The molecule has 6 atom stereocenters. The molecular weight excluding hydrogens is 454 g/mol. The van der Waals surface area contributed by atoms with E-state index in [0.717, 1.165) is 25.3 Å². The molecular formula is C20H39B5O10. The van der Waals surface area contributed by atoms with Crippen molar-refractivity contribution in [2.75, 3.05) is 26.4 Å². The Balaban J connectivity index is 1.33. The van der Waals surface area contributed by atoms with Crippen molar-refractivity contribution in [2.24, 2.45) is 0 Å². The molecule has 0 aliphatic carbocycles. The van der Waals surface area contributed by atoms with E-state index in [1.807, 2.05) is 34.6 Å². The van der Waals surface area contributed by atoms with Crippen LogP contribution in [0.5, 0.6) is 0 Å². The van der Waals surface area contributed by atoms with Crippen LogP contribution in [0.15, 0.2) is 0 Å². The maximum absolute atomic E-state index is 6.20. The summed E-state index contributed by atoms with van der Waals surface area (Å²) in [6.45, 7) is 11.7. The van der Waals surface area contributed by atoms with Crippen molar-refractivity contribution in [3.05, 3.63) is 0 Å². The third-order valence-corrected chi connectivity index (χ3v) is 6.84. The summed E-state index contributed by atoms with van der Waals surface area (Å²) in [5.41, 5.74) is 0. The van der Waals surface area contributed by atoms with Crippen LogP contribution in [-0.4, -0.2) is 98.6 Å². The van der Waals surface area contributed by atoms with Gasteiger partial charge in [0.05, 0.1) is 63.1 Å². The van der Waals surface area contributed by atoms with Gasteiger partial charge in [0.2, 0.25) is 0 Å². The third-order valence-electron chi connectivity index (χ3n) is 6.84. The van der Waals surface area contributed by atoms with Gasteiger partial charge in [-0.25, -0.2) is 0 Å². The average Bonchev–Trinajstić information content (AvgIpc) is 3.41. The summed E-state index contributed by atoms with van der Waals surface area (Å²) in [5, 5.41) is 0. The second-order valence-corrected chi connectivity index (χ2v) is 9.42. The zero-order valence-corrected chi connectivity index (χ0v) is 21.8. The Bertz CT molecular complexity index is 591. The maximum Gasteiger partial charge on any atom is 0.457 e. The molecule has 15 heteroatoms. The Hall–Kier alpha value is -0.0753. The molecule has 0 aromatic rings. The zero-order chi connectivity index (χ0) is 24.8. The smallest absolute Gasteiger partial charge is 0.408 e. The largest absolute Gasteiger partial charge is 0.457 e. The minimum Gasteiger partial charge on any atom is -0.408 e. The molecule has 10 nitrogen and oxygen atoms in total. The molecule has 0 aromatic heterocycles. The number of hydrogen-bond acceptors (Lipinski definition) is 10. The van der Waals surface area contributed by atoms with Crippen molar-refractivity contribution in [2.45, 2.75) is 103 Å². The van der Waals surface area contributed by atoms with Gasteiger partial charge in [-0.15, -0.1) is 0 Å². The number of rotatable bonds is 11. The summed E-state index contributed by atoms with van der Waals surface area (Å²) < 4.78 is 60.7. The molecule has 4 rings (SSSR count). The fourth-order valence-corrected chi connectivity index (χ4v) is 4.85. The van der Waals surface area contributed by atoms with E-state index in [1.165, 1.54) is 0 Å². The Morgan fingerprint density at radius 1 is 0.600 bits per heavy atom. The van der Waals surface area contributed by atoms with Crippen LogP contribution in [0.4, 0.5) is 0 Å². The van der Waals surface area contributed by atoms with E-state index in [0.29, 0.717) is 32.7 Å². The SMILES string of the molecule is CCB(OC[C@@H]1OB(CC)OC[C@H]2OB(CC)O[C@@H]12)OC[C@@H]1OB(CC)OC[C@H]2OB(CC)O[C@@H]12. The molecule has 0 N–H and O–H groups in total. The van der Waals surface area contributed by atoms with E-state index in [2.05, 4.69) is 0 Å². The molecule has 0 saturated carbocycles. The first-order valence-corrected chi connectivity index (χ1v) is 13.5. The van der Waals surface area contributed by atoms with Crippen LogP contribution in [0, 0.1) is 0 Å². The summed E-state index contributed by atoms with van der Waals surface area (Å²) in [7, 11) is -1.54. The Morgan fingerprint density at radius 2 is 1.03 bits per heavy atom. The lowest BCUT2D eigenvalue weighted by atomic mass is 9.84. The highest BCUT2D eigenvalue weighted by Gasteiger charge is 2.48. The highest BCUT2D eigenvalue weighted by molar-refractivity contribution is 6.46. The van der Waals surface area contributed by atoms with Crippen molar-refractivity contribution < 1.29 is 46.5 Å². The minimum atomic E-state index is -0.429. The standard InChI is InChI=1S/C20H39B5O10/c1-6-21(26-11-15-19-17(32-24(9-4)34-19)13-28-22(7-2)30-15)27-12-16-20-18(33-25(10-5)35-20)14-29-23(8-3)31-16/h15-20H,6-14H2,1-5H3/t15-,16-,17+,18+,19-,20-/m0/s1. The molecule has 35 heavy (non-hydrogen) atoms. The van der Waals surface area contributed by atoms with Crippen LogP contribution in [0.2, 0.25) is 31.6 Å². The molecule has 0 spiro atoms. The summed E-state index contributed by atoms with van der Waals surface area (Å²) >= 11 is 0. The van der Waals surface area contributed by atoms with E-state index >= 15 is 0 Å². The van der Waals surface area contributed by atoms with Gasteiger partial charge in [-0.1, -0.05) is 34.6 Å². The Kier molecular flexibility index (Phi) is 10.9. The molecule has 0 radical (unpaired) electrons. The summed E-state index contributed by atoms with van der Waals surface area (Å²) in [5.74, 6) is 0. The van der Waals surface area contributed by atoms with Crippen LogP contribution in [0.3, 0.4) is 0 Å². The zero-order valence-electron chi connectivity index (χ0n) is 21.8. The first kappa shape index (κ1) is 27.9. The van der Waals surface area contributed by atoms with E-state index in [1.54, 1.807) is 0 Å². The molecule has 4 aliphatic rings. The summed E-state index contributed by atoms with van der Waals surface area (Å²) in [6, 6.07) is 0. The van der Waals surface area contributed by atoms with Gasteiger partial charge in [-0.3, -0.25) is 0 Å². The van der Waals surface area contributed by atoms with Gasteiger partial charge in [0.1, 0.15) is 0 Å². The number of fused-ring (bicyclic) bond motifs is 2. The van der Waals surface area contributed by atoms with Gasteiger partial charge in [0.15, 0.2) is 0 Å². The van der Waals surface area contributed by atoms with Crippen molar-refractivity contribution in [3.63, 3.8) is 0 Å². The molecule has 0 bridgehead atoms. The number of hydrogen-bond donors (Lipinski definition) is 0. The fraction of sp³-hybridized carbons (Fsp3) is 1.00. The quantitative estimate of drug-likeness (QED) is 0.398. The van der Waals surface area contributed by atoms with E-state index in [4.69, 9.17) is 46.5 Å². The second kappa shape index (κ2) is 13.6. The van der Waals surface area contributed by atoms with Gasteiger partial charge in [0, 0.05) is 0 Å². The Labute approximate surface area is 211 Å². The molecule has 0 amide bonds. The normalized spacial score (nSPS) is 33.5. The van der Waals surface area contributed by atoms with E-state index in [-0.39, 0.29) is 65.1 Å². The van der Waals surface area contributed by atoms with Crippen LogP contribution in [-0.2, 0) is 46.5 Å². The Morgan fingerprint density at radius 3 is 1.40 bits per heavy atom. The van der Waals surface area contributed by atoms with Crippen LogP contribution in [0.1, 0.15) is 34.6 Å². The van der Waals surface area contributed by atoms with Gasteiger partial charge in [-0.2, -0.15) is 0 Å². The molecule has 194 valence electrons.